The van der Waals surface area contributed by atoms with Crippen molar-refractivity contribution >= 4 is 15.9 Å². The maximum atomic E-state index is 5.84. The van der Waals surface area contributed by atoms with Gasteiger partial charge in [-0.2, -0.15) is 0 Å². The smallest absolute Gasteiger partial charge is 0.175 e. The van der Waals surface area contributed by atoms with E-state index in [0.717, 1.165) is 28.9 Å². The Bertz CT molecular complexity index is 456. The molecule has 0 aliphatic carbocycles. The molecular formula is C14H18BrNO2. The molecule has 1 aromatic rings. The molecule has 0 aromatic heterocycles. The second kappa shape index (κ2) is 5.10. The molecule has 18 heavy (non-hydrogen) atoms. The van der Waals surface area contributed by atoms with E-state index in [4.69, 9.17) is 9.47 Å². The van der Waals surface area contributed by atoms with Crippen LogP contribution in [0, 0.1) is 0 Å². The first kappa shape index (κ1) is 12.3. The summed E-state index contributed by atoms with van der Waals surface area (Å²) in [6.07, 6.45) is 3.44. The van der Waals surface area contributed by atoms with Crippen LogP contribution in [-0.2, 0) is 6.42 Å². The van der Waals surface area contributed by atoms with Gasteiger partial charge in [0.1, 0.15) is 13.2 Å². The first-order valence-corrected chi connectivity index (χ1v) is 7.44. The summed E-state index contributed by atoms with van der Waals surface area (Å²) in [5, 5.41) is 3.56. The molecule has 0 saturated carbocycles. The summed E-state index contributed by atoms with van der Waals surface area (Å²) < 4.78 is 12.6. The maximum Gasteiger partial charge on any atom is 0.175 e. The van der Waals surface area contributed by atoms with Crippen molar-refractivity contribution in [1.82, 2.24) is 5.32 Å². The minimum atomic E-state index is 0.465. The van der Waals surface area contributed by atoms with Crippen molar-refractivity contribution in [1.29, 1.82) is 0 Å². The van der Waals surface area contributed by atoms with Crippen LogP contribution >= 0.6 is 15.9 Å². The van der Waals surface area contributed by atoms with Crippen LogP contribution in [0.15, 0.2) is 10.5 Å². The molecule has 2 heterocycles. The Morgan fingerprint density at radius 3 is 2.78 bits per heavy atom. The number of rotatable bonds is 2. The van der Waals surface area contributed by atoms with E-state index in [-0.39, 0.29) is 0 Å². The predicted molar refractivity (Wildman–Crippen MR) is 74.5 cm³/mol. The van der Waals surface area contributed by atoms with Crippen LogP contribution in [0.3, 0.4) is 0 Å². The fraction of sp³-hybridized carbons (Fsp3) is 0.571. The summed E-state index contributed by atoms with van der Waals surface area (Å²) in [5.41, 5.74) is 2.67. The Morgan fingerprint density at radius 2 is 2.11 bits per heavy atom. The van der Waals surface area contributed by atoms with Gasteiger partial charge in [0.15, 0.2) is 11.5 Å². The van der Waals surface area contributed by atoms with Crippen molar-refractivity contribution in [3.63, 3.8) is 0 Å². The van der Waals surface area contributed by atoms with Crippen LogP contribution < -0.4 is 14.8 Å². The monoisotopic (exact) mass is 311 g/mol. The second-order valence-electron chi connectivity index (χ2n) is 4.78. The van der Waals surface area contributed by atoms with E-state index >= 15 is 0 Å². The topological polar surface area (TPSA) is 30.5 Å². The third-order valence-electron chi connectivity index (χ3n) is 3.69. The molecule has 1 fully saturated rings. The van der Waals surface area contributed by atoms with E-state index in [1.54, 1.807) is 0 Å². The van der Waals surface area contributed by atoms with Crippen LogP contribution in [0.5, 0.6) is 11.5 Å². The highest BCUT2D eigenvalue weighted by Gasteiger charge is 2.26. The Morgan fingerprint density at radius 1 is 1.33 bits per heavy atom. The lowest BCUT2D eigenvalue weighted by Gasteiger charge is -2.26. The van der Waals surface area contributed by atoms with Crippen molar-refractivity contribution in [3.8, 4) is 11.5 Å². The fourth-order valence-corrected chi connectivity index (χ4v) is 3.41. The fourth-order valence-electron chi connectivity index (χ4n) is 2.87. The number of hydrogen-bond donors (Lipinski definition) is 1. The molecule has 1 aromatic carbocycles. The molecule has 4 heteroatoms. The second-order valence-corrected chi connectivity index (χ2v) is 5.64. The van der Waals surface area contributed by atoms with Crippen LogP contribution in [0.4, 0.5) is 0 Å². The predicted octanol–water partition coefficient (Wildman–Crippen LogP) is 3.21. The minimum Gasteiger partial charge on any atom is -0.486 e. The number of nitrogens with one attached hydrogen (secondary N) is 1. The quantitative estimate of drug-likeness (QED) is 0.909. The molecule has 0 bridgehead atoms. The Hall–Kier alpha value is -0.740. The SMILES string of the molecule is CCc1c(C2CCCN2)cc(Br)c2c1OCCO2. The van der Waals surface area contributed by atoms with Crippen LogP contribution in [0.2, 0.25) is 0 Å². The zero-order chi connectivity index (χ0) is 12.5. The van der Waals surface area contributed by atoms with Crippen LogP contribution in [0.25, 0.3) is 0 Å². The third kappa shape index (κ3) is 2.01. The lowest BCUT2D eigenvalue weighted by atomic mass is 9.96. The third-order valence-corrected chi connectivity index (χ3v) is 4.28. The first-order valence-electron chi connectivity index (χ1n) is 6.65. The molecule has 1 atom stereocenters. The maximum absolute atomic E-state index is 5.84. The summed E-state index contributed by atoms with van der Waals surface area (Å²) in [6, 6.07) is 2.67. The highest BCUT2D eigenvalue weighted by atomic mass is 79.9. The van der Waals surface area contributed by atoms with Gasteiger partial charge in [0, 0.05) is 11.6 Å². The molecule has 0 spiro atoms. The molecule has 3 nitrogen and oxygen atoms in total. The van der Waals surface area contributed by atoms with Gasteiger partial charge in [-0.1, -0.05) is 6.92 Å². The van der Waals surface area contributed by atoms with Gasteiger partial charge in [-0.25, -0.2) is 0 Å². The van der Waals surface area contributed by atoms with Crippen molar-refractivity contribution in [3.05, 3.63) is 21.7 Å². The number of ether oxygens (including phenoxy) is 2. The molecule has 2 aliphatic rings. The molecule has 1 N–H and O–H groups in total. The molecule has 0 amide bonds. The normalized spacial score (nSPS) is 22.2. The molecule has 0 radical (unpaired) electrons. The van der Waals surface area contributed by atoms with Gasteiger partial charge in [0.05, 0.1) is 4.47 Å². The lowest BCUT2D eigenvalue weighted by Crippen LogP contribution is -2.20. The zero-order valence-corrected chi connectivity index (χ0v) is 12.2. The highest BCUT2D eigenvalue weighted by molar-refractivity contribution is 9.10. The van der Waals surface area contributed by atoms with Gasteiger partial charge < -0.3 is 14.8 Å². The number of fused-ring (bicyclic) bond motifs is 1. The molecule has 1 saturated heterocycles. The summed E-state index contributed by atoms with van der Waals surface area (Å²) in [6.45, 7) is 4.57. The molecule has 3 rings (SSSR count). The minimum absolute atomic E-state index is 0.465. The van der Waals surface area contributed by atoms with Crippen molar-refractivity contribution in [2.75, 3.05) is 19.8 Å². The van der Waals surface area contributed by atoms with Gasteiger partial charge in [-0.3, -0.25) is 0 Å². The summed E-state index contributed by atoms with van der Waals surface area (Å²) in [5.74, 6) is 1.82. The van der Waals surface area contributed by atoms with E-state index in [1.165, 1.54) is 24.0 Å². The van der Waals surface area contributed by atoms with Gasteiger partial charge in [0.25, 0.3) is 0 Å². The van der Waals surface area contributed by atoms with E-state index in [1.807, 2.05) is 0 Å². The molecule has 98 valence electrons. The highest BCUT2D eigenvalue weighted by Crippen LogP contribution is 2.44. The largest absolute Gasteiger partial charge is 0.486 e. The lowest BCUT2D eigenvalue weighted by molar-refractivity contribution is 0.168. The first-order chi connectivity index (χ1) is 8.81. The van der Waals surface area contributed by atoms with Crippen molar-refractivity contribution in [2.45, 2.75) is 32.2 Å². The molecule has 2 aliphatic heterocycles. The van der Waals surface area contributed by atoms with Gasteiger partial charge in [-0.05, 0) is 53.4 Å². The van der Waals surface area contributed by atoms with E-state index in [9.17, 15) is 0 Å². The standard InChI is InChI=1S/C14H18BrNO2/c1-2-9-10(12-4-3-5-16-12)8-11(15)14-13(9)17-6-7-18-14/h8,12,16H,2-7H2,1H3. The Balaban J connectivity index is 2.10. The van der Waals surface area contributed by atoms with Crippen molar-refractivity contribution < 1.29 is 9.47 Å². The van der Waals surface area contributed by atoms with Gasteiger partial charge >= 0.3 is 0 Å². The summed E-state index contributed by atoms with van der Waals surface area (Å²) in [7, 11) is 0. The molecule has 1 unspecified atom stereocenters. The van der Waals surface area contributed by atoms with E-state index in [2.05, 4.69) is 34.2 Å². The van der Waals surface area contributed by atoms with Gasteiger partial charge in [-0.15, -0.1) is 0 Å². The molecular weight excluding hydrogens is 294 g/mol. The average molecular weight is 312 g/mol. The average Bonchev–Trinajstić information content (AvgIpc) is 2.92. The zero-order valence-electron chi connectivity index (χ0n) is 10.6. The van der Waals surface area contributed by atoms with Crippen molar-refractivity contribution in [2.24, 2.45) is 0 Å². The van der Waals surface area contributed by atoms with E-state index in [0.29, 0.717) is 19.3 Å². The van der Waals surface area contributed by atoms with E-state index < -0.39 is 0 Å². The number of benzene rings is 1. The Labute approximate surface area is 116 Å². The number of hydrogen-bond acceptors (Lipinski definition) is 3. The summed E-state index contributed by atoms with van der Waals surface area (Å²) in [4.78, 5) is 0. The Kier molecular flexibility index (Phi) is 3.48. The number of halogens is 1. The summed E-state index contributed by atoms with van der Waals surface area (Å²) >= 11 is 3.61. The van der Waals surface area contributed by atoms with Gasteiger partial charge in [0.2, 0.25) is 0 Å². The van der Waals surface area contributed by atoms with Crippen LogP contribution in [-0.4, -0.2) is 19.8 Å². The van der Waals surface area contributed by atoms with Crippen LogP contribution in [0.1, 0.15) is 36.9 Å².